The zero-order valence-electron chi connectivity index (χ0n) is 15.3. The highest BCUT2D eigenvalue weighted by Crippen LogP contribution is 2.26. The quantitative estimate of drug-likeness (QED) is 0.683. The predicted molar refractivity (Wildman–Crippen MR) is 99.9 cm³/mol. The predicted octanol–water partition coefficient (Wildman–Crippen LogP) is 2.73. The van der Waals surface area contributed by atoms with Gasteiger partial charge in [0.25, 0.3) is 0 Å². The zero-order chi connectivity index (χ0) is 19.8. The summed E-state index contributed by atoms with van der Waals surface area (Å²) in [5.41, 5.74) is -0.0831. The number of carboxylic acids is 1. The van der Waals surface area contributed by atoms with E-state index < -0.39 is 23.6 Å². The van der Waals surface area contributed by atoms with Crippen LogP contribution in [-0.4, -0.2) is 61.8 Å². The van der Waals surface area contributed by atoms with Gasteiger partial charge in [-0.05, 0) is 44.9 Å². The summed E-state index contributed by atoms with van der Waals surface area (Å²) in [5.74, 6) is -1.17. The fourth-order valence-electron chi connectivity index (χ4n) is 3.08. The van der Waals surface area contributed by atoms with Crippen LogP contribution in [0.4, 0.5) is 10.6 Å². The van der Waals surface area contributed by atoms with E-state index in [1.165, 1.54) is 4.90 Å². The summed E-state index contributed by atoms with van der Waals surface area (Å²) in [6, 6.07) is 1.48. The molecule has 1 amide bonds. The van der Waals surface area contributed by atoms with Crippen LogP contribution in [0.3, 0.4) is 0 Å². The number of piperidine rings is 1. The lowest BCUT2D eigenvalue weighted by molar-refractivity contribution is -0.143. The maximum absolute atomic E-state index is 12.4. The van der Waals surface area contributed by atoms with Crippen LogP contribution in [0.2, 0.25) is 5.28 Å². The van der Waals surface area contributed by atoms with Gasteiger partial charge >= 0.3 is 12.1 Å². The molecule has 2 atom stereocenters. The molecule has 1 saturated heterocycles. The topological polar surface area (TPSA) is 120 Å². The molecular weight excluding hydrogens is 374 g/mol. The molecule has 1 aliphatic heterocycles. The second-order valence-corrected chi connectivity index (χ2v) is 7.92. The van der Waals surface area contributed by atoms with Gasteiger partial charge in [0.1, 0.15) is 17.1 Å². The lowest BCUT2D eigenvalue weighted by Crippen LogP contribution is -2.51. The number of nitrogens with zero attached hydrogens (tertiary/aromatic N) is 3. The van der Waals surface area contributed by atoms with Crippen LogP contribution in [-0.2, 0) is 9.53 Å². The number of carbonyl (C=O) groups is 2. The van der Waals surface area contributed by atoms with E-state index in [0.29, 0.717) is 24.4 Å². The number of ether oxygens (including phenoxy) is 1. The van der Waals surface area contributed by atoms with Gasteiger partial charge in [-0.2, -0.15) is 4.98 Å². The van der Waals surface area contributed by atoms with Crippen molar-refractivity contribution in [1.29, 1.82) is 0 Å². The summed E-state index contributed by atoms with van der Waals surface area (Å²) in [5, 5.41) is 13.5. The molecule has 0 spiro atoms. The Labute approximate surface area is 161 Å². The number of amides is 1. The van der Waals surface area contributed by atoms with E-state index in [1.54, 1.807) is 33.0 Å². The van der Waals surface area contributed by atoms with E-state index in [4.69, 9.17) is 16.3 Å². The SMILES string of the molecule is CC(C)(C)OC(=O)N1CC(Nc2nc(Cl)nc3[nH]ccc23)CC(C(=O)O)C1. The summed E-state index contributed by atoms with van der Waals surface area (Å²) in [6.07, 6.45) is 1.53. The Kier molecular flexibility index (Phi) is 5.14. The molecule has 27 heavy (non-hydrogen) atoms. The molecular formula is C17H22ClN5O4. The summed E-state index contributed by atoms with van der Waals surface area (Å²) >= 11 is 5.97. The van der Waals surface area contributed by atoms with Crippen molar-refractivity contribution >= 4 is 40.5 Å². The highest BCUT2D eigenvalue weighted by Gasteiger charge is 2.36. The second-order valence-electron chi connectivity index (χ2n) is 7.58. The number of rotatable bonds is 3. The largest absolute Gasteiger partial charge is 0.481 e. The summed E-state index contributed by atoms with van der Waals surface area (Å²) < 4.78 is 5.40. The van der Waals surface area contributed by atoms with Crippen LogP contribution in [0.5, 0.6) is 0 Å². The van der Waals surface area contributed by atoms with Gasteiger partial charge in [-0.25, -0.2) is 9.78 Å². The third-order valence-corrected chi connectivity index (χ3v) is 4.35. The van der Waals surface area contributed by atoms with Crippen LogP contribution in [0, 0.1) is 5.92 Å². The minimum Gasteiger partial charge on any atom is -0.481 e. The fraction of sp³-hybridized carbons (Fsp3) is 0.529. The molecule has 9 nitrogen and oxygen atoms in total. The minimum absolute atomic E-state index is 0.0713. The van der Waals surface area contributed by atoms with Crippen molar-refractivity contribution in [2.45, 2.75) is 38.8 Å². The molecule has 1 aliphatic rings. The third-order valence-electron chi connectivity index (χ3n) is 4.18. The number of carbonyl (C=O) groups excluding carboxylic acids is 1. The zero-order valence-corrected chi connectivity index (χ0v) is 16.1. The van der Waals surface area contributed by atoms with Gasteiger partial charge in [0.15, 0.2) is 0 Å². The number of likely N-dealkylation sites (tertiary alicyclic amines) is 1. The Morgan fingerprint density at radius 1 is 1.37 bits per heavy atom. The van der Waals surface area contributed by atoms with E-state index in [0.717, 1.165) is 5.39 Å². The Hall–Kier alpha value is -2.55. The number of carboxylic acid groups (broad SMARTS) is 1. The first-order valence-corrected chi connectivity index (χ1v) is 8.98. The van der Waals surface area contributed by atoms with Crippen molar-refractivity contribution in [2.75, 3.05) is 18.4 Å². The number of halogens is 1. The molecule has 3 heterocycles. The highest BCUT2D eigenvalue weighted by atomic mass is 35.5. The van der Waals surface area contributed by atoms with Crippen molar-refractivity contribution in [3.05, 3.63) is 17.5 Å². The van der Waals surface area contributed by atoms with Gasteiger partial charge < -0.3 is 25.0 Å². The Morgan fingerprint density at radius 3 is 2.78 bits per heavy atom. The molecule has 0 aliphatic carbocycles. The second kappa shape index (κ2) is 7.22. The molecule has 2 unspecified atom stereocenters. The minimum atomic E-state index is -0.956. The van der Waals surface area contributed by atoms with E-state index in [9.17, 15) is 14.7 Å². The van der Waals surface area contributed by atoms with Gasteiger partial charge in [0.2, 0.25) is 5.28 Å². The summed E-state index contributed by atoms with van der Waals surface area (Å²) in [6.45, 7) is 5.71. The van der Waals surface area contributed by atoms with Crippen molar-refractivity contribution in [3.63, 3.8) is 0 Å². The number of hydrogen-bond donors (Lipinski definition) is 3. The van der Waals surface area contributed by atoms with Gasteiger partial charge in [0, 0.05) is 25.3 Å². The smallest absolute Gasteiger partial charge is 0.410 e. The number of anilines is 1. The lowest BCUT2D eigenvalue weighted by atomic mass is 9.94. The van der Waals surface area contributed by atoms with Crippen molar-refractivity contribution < 1.29 is 19.4 Å². The van der Waals surface area contributed by atoms with Crippen molar-refractivity contribution in [2.24, 2.45) is 5.92 Å². The normalized spacial score (nSPS) is 20.5. The van der Waals surface area contributed by atoms with E-state index in [-0.39, 0.29) is 17.9 Å². The maximum atomic E-state index is 12.4. The Morgan fingerprint density at radius 2 is 2.11 bits per heavy atom. The number of aromatic amines is 1. The Balaban J connectivity index is 1.82. The Bertz CT molecular complexity index is 863. The molecule has 0 aromatic carbocycles. The molecule has 0 radical (unpaired) electrons. The average molecular weight is 396 g/mol. The summed E-state index contributed by atoms with van der Waals surface area (Å²) in [4.78, 5) is 36.7. The van der Waals surface area contributed by atoms with E-state index in [2.05, 4.69) is 20.3 Å². The first-order chi connectivity index (χ1) is 12.6. The van der Waals surface area contributed by atoms with E-state index >= 15 is 0 Å². The number of hydrogen-bond acceptors (Lipinski definition) is 6. The monoisotopic (exact) mass is 395 g/mol. The van der Waals surface area contributed by atoms with Crippen LogP contribution in [0.15, 0.2) is 12.3 Å². The van der Waals surface area contributed by atoms with Crippen LogP contribution >= 0.6 is 11.6 Å². The molecule has 2 aromatic heterocycles. The van der Waals surface area contributed by atoms with E-state index in [1.807, 2.05) is 0 Å². The standard InChI is InChI=1S/C17H22ClN5O4/c1-17(2,3)27-16(26)23-7-9(14(24)25)6-10(8-23)20-13-11-4-5-19-12(11)21-15(18)22-13/h4-5,9-10H,6-8H2,1-3H3,(H,24,25)(H2,19,20,21,22). The number of nitrogens with one attached hydrogen (secondary N) is 2. The molecule has 3 N–H and O–H groups in total. The molecule has 10 heteroatoms. The number of fused-ring (bicyclic) bond motifs is 1. The number of aliphatic carboxylic acids is 1. The molecule has 3 rings (SSSR count). The first kappa shape index (κ1) is 19.2. The van der Waals surface area contributed by atoms with Gasteiger partial charge in [0.05, 0.1) is 11.3 Å². The molecule has 1 fully saturated rings. The molecule has 146 valence electrons. The van der Waals surface area contributed by atoms with Crippen LogP contribution < -0.4 is 5.32 Å². The average Bonchev–Trinajstić information content (AvgIpc) is 3.01. The van der Waals surface area contributed by atoms with Crippen LogP contribution in [0.1, 0.15) is 27.2 Å². The van der Waals surface area contributed by atoms with Gasteiger partial charge in [-0.15, -0.1) is 0 Å². The third kappa shape index (κ3) is 4.60. The molecule has 2 aromatic rings. The van der Waals surface area contributed by atoms with Crippen molar-refractivity contribution in [1.82, 2.24) is 19.9 Å². The van der Waals surface area contributed by atoms with Crippen LogP contribution in [0.25, 0.3) is 11.0 Å². The number of aromatic nitrogens is 3. The fourth-order valence-corrected chi connectivity index (χ4v) is 3.24. The lowest BCUT2D eigenvalue weighted by Gasteiger charge is -2.37. The maximum Gasteiger partial charge on any atom is 0.410 e. The first-order valence-electron chi connectivity index (χ1n) is 8.60. The molecule has 0 bridgehead atoms. The van der Waals surface area contributed by atoms with Gasteiger partial charge in [-0.1, -0.05) is 0 Å². The highest BCUT2D eigenvalue weighted by molar-refractivity contribution is 6.28. The number of H-pyrrole nitrogens is 1. The van der Waals surface area contributed by atoms with Gasteiger partial charge in [-0.3, -0.25) is 4.79 Å². The molecule has 0 saturated carbocycles. The van der Waals surface area contributed by atoms with Crippen molar-refractivity contribution in [3.8, 4) is 0 Å². The summed E-state index contributed by atoms with van der Waals surface area (Å²) in [7, 11) is 0.